The number of alkyl halides is 13. The Morgan fingerprint density at radius 2 is 1.03 bits per heavy atom. The van der Waals surface area contributed by atoms with Crippen LogP contribution in [0.5, 0.6) is 0 Å². The standard InChI is InChI=1S/C14H15F13O2/c1-6(7(28)29-8(2,3)4)5-9(15,16)10(17,18)11(19,20)12(21,22)13(23,24)14(25,26)27/h6H,5H2,1-4H3. The topological polar surface area (TPSA) is 26.3 Å². The molecule has 0 heterocycles. The molecule has 15 heteroatoms. The third-order valence-corrected chi connectivity index (χ3v) is 3.37. The smallest absolute Gasteiger partial charge is 0.460 e. The molecule has 1 atom stereocenters. The lowest BCUT2D eigenvalue weighted by molar-refractivity contribution is -0.440. The molecule has 0 N–H and O–H groups in total. The van der Waals surface area contributed by atoms with Gasteiger partial charge in [0, 0.05) is 6.42 Å². The van der Waals surface area contributed by atoms with Crippen LogP contribution in [-0.2, 0) is 9.53 Å². The summed E-state index contributed by atoms with van der Waals surface area (Å²) in [4.78, 5) is 11.5. The number of carbonyl (C=O) groups excluding carboxylic acids is 1. The normalized spacial score (nSPS) is 16.6. The molecule has 0 rings (SSSR count). The molecule has 0 aromatic heterocycles. The highest BCUT2D eigenvalue weighted by Crippen LogP contribution is 2.60. The van der Waals surface area contributed by atoms with Crippen LogP contribution in [0.2, 0.25) is 0 Å². The van der Waals surface area contributed by atoms with Crippen molar-refractivity contribution in [3.63, 3.8) is 0 Å². The minimum absolute atomic E-state index is 0.443. The first-order chi connectivity index (χ1) is 12.3. The molecule has 0 amide bonds. The number of hydrogen-bond donors (Lipinski definition) is 0. The Balaban J connectivity index is 6.02. The lowest BCUT2D eigenvalue weighted by Crippen LogP contribution is -2.70. The zero-order valence-corrected chi connectivity index (χ0v) is 15.0. The van der Waals surface area contributed by atoms with Crippen LogP contribution in [0.25, 0.3) is 0 Å². The van der Waals surface area contributed by atoms with Gasteiger partial charge in [0.2, 0.25) is 0 Å². The van der Waals surface area contributed by atoms with Crippen molar-refractivity contribution in [1.82, 2.24) is 0 Å². The van der Waals surface area contributed by atoms with E-state index in [4.69, 9.17) is 0 Å². The van der Waals surface area contributed by atoms with Crippen molar-refractivity contribution in [3.8, 4) is 0 Å². The van der Waals surface area contributed by atoms with E-state index in [0.717, 1.165) is 0 Å². The number of carbonyl (C=O) groups is 1. The maximum atomic E-state index is 13.7. The highest BCUT2D eigenvalue weighted by molar-refractivity contribution is 5.72. The van der Waals surface area contributed by atoms with Crippen molar-refractivity contribution in [2.75, 3.05) is 0 Å². The predicted molar refractivity (Wildman–Crippen MR) is 70.4 cm³/mol. The van der Waals surface area contributed by atoms with Crippen LogP contribution in [0, 0.1) is 5.92 Å². The van der Waals surface area contributed by atoms with Crippen LogP contribution in [0.1, 0.15) is 34.1 Å². The van der Waals surface area contributed by atoms with Crippen molar-refractivity contribution in [1.29, 1.82) is 0 Å². The fourth-order valence-corrected chi connectivity index (χ4v) is 1.80. The van der Waals surface area contributed by atoms with E-state index in [-0.39, 0.29) is 0 Å². The Labute approximate surface area is 155 Å². The van der Waals surface area contributed by atoms with Gasteiger partial charge in [0.15, 0.2) is 0 Å². The molecule has 0 fully saturated rings. The Hall–Kier alpha value is -1.44. The maximum Gasteiger partial charge on any atom is 0.460 e. The summed E-state index contributed by atoms with van der Waals surface area (Å²) in [5.41, 5.74) is -1.37. The largest absolute Gasteiger partial charge is 0.460 e. The average Bonchev–Trinajstić information content (AvgIpc) is 2.42. The van der Waals surface area contributed by atoms with Crippen LogP contribution < -0.4 is 0 Å². The van der Waals surface area contributed by atoms with E-state index < -0.39 is 59.7 Å². The molecule has 0 aromatic carbocycles. The molecule has 0 saturated heterocycles. The summed E-state index contributed by atoms with van der Waals surface area (Å²) in [5.74, 6) is -41.3. The van der Waals surface area contributed by atoms with Crippen molar-refractivity contribution in [2.45, 2.75) is 75.5 Å². The zero-order chi connectivity index (χ0) is 24.1. The Kier molecular flexibility index (Phi) is 6.99. The van der Waals surface area contributed by atoms with Gasteiger partial charge in [-0.1, -0.05) is 6.92 Å². The fourth-order valence-electron chi connectivity index (χ4n) is 1.80. The van der Waals surface area contributed by atoms with Crippen molar-refractivity contribution < 1.29 is 66.6 Å². The van der Waals surface area contributed by atoms with Gasteiger partial charge in [0.05, 0.1) is 5.92 Å². The highest BCUT2D eigenvalue weighted by atomic mass is 19.4. The quantitative estimate of drug-likeness (QED) is 0.338. The van der Waals surface area contributed by atoms with Crippen molar-refractivity contribution >= 4 is 5.97 Å². The summed E-state index contributed by atoms with van der Waals surface area (Å²) in [6.45, 7) is 4.02. The van der Waals surface area contributed by atoms with E-state index in [9.17, 15) is 61.9 Å². The summed E-state index contributed by atoms with van der Waals surface area (Å²) in [5, 5.41) is 0. The first kappa shape index (κ1) is 27.6. The maximum absolute atomic E-state index is 13.7. The van der Waals surface area contributed by atoms with Gasteiger partial charge in [-0.3, -0.25) is 4.79 Å². The highest BCUT2D eigenvalue weighted by Gasteiger charge is 2.90. The summed E-state index contributed by atoms with van der Waals surface area (Å²) in [6, 6.07) is 0. The average molecular weight is 462 g/mol. The first-order valence-corrected chi connectivity index (χ1v) is 7.45. The summed E-state index contributed by atoms with van der Waals surface area (Å²) in [6.07, 6.45) is -10.1. The minimum atomic E-state index is -7.96. The number of halogens is 13. The Morgan fingerprint density at radius 3 is 1.34 bits per heavy atom. The second-order valence-electron chi connectivity index (χ2n) is 7.14. The molecule has 0 spiro atoms. The fraction of sp³-hybridized carbons (Fsp3) is 0.929. The number of esters is 1. The molecule has 2 nitrogen and oxygen atoms in total. The van der Waals surface area contributed by atoms with Gasteiger partial charge in [0.1, 0.15) is 5.60 Å². The lowest BCUT2D eigenvalue weighted by atomic mass is 9.89. The molecule has 0 saturated carbocycles. The van der Waals surface area contributed by atoms with Gasteiger partial charge in [-0.25, -0.2) is 0 Å². The summed E-state index contributed by atoms with van der Waals surface area (Å²) in [7, 11) is 0. The molecule has 174 valence electrons. The van der Waals surface area contributed by atoms with Crippen LogP contribution in [-0.4, -0.2) is 47.4 Å². The van der Waals surface area contributed by atoms with Crippen LogP contribution in [0.15, 0.2) is 0 Å². The van der Waals surface area contributed by atoms with E-state index in [1.54, 1.807) is 0 Å². The van der Waals surface area contributed by atoms with Crippen molar-refractivity contribution in [2.24, 2.45) is 5.92 Å². The monoisotopic (exact) mass is 462 g/mol. The minimum Gasteiger partial charge on any atom is -0.460 e. The van der Waals surface area contributed by atoms with Crippen LogP contribution >= 0.6 is 0 Å². The molecule has 1 unspecified atom stereocenters. The van der Waals surface area contributed by atoms with Gasteiger partial charge in [-0.15, -0.1) is 0 Å². The predicted octanol–water partition coefficient (Wildman–Crippen LogP) is 6.09. The second kappa shape index (κ2) is 7.36. The van der Waals surface area contributed by atoms with Crippen LogP contribution in [0.4, 0.5) is 57.1 Å². The van der Waals surface area contributed by atoms with Gasteiger partial charge < -0.3 is 4.74 Å². The van der Waals surface area contributed by atoms with Gasteiger partial charge >= 0.3 is 41.8 Å². The molecule has 29 heavy (non-hydrogen) atoms. The summed E-state index contributed by atoms with van der Waals surface area (Å²) >= 11 is 0. The van der Waals surface area contributed by atoms with Crippen molar-refractivity contribution in [3.05, 3.63) is 0 Å². The third-order valence-electron chi connectivity index (χ3n) is 3.37. The van der Waals surface area contributed by atoms with Gasteiger partial charge in [-0.2, -0.15) is 57.1 Å². The first-order valence-electron chi connectivity index (χ1n) is 7.45. The van der Waals surface area contributed by atoms with E-state index in [1.165, 1.54) is 20.8 Å². The third kappa shape index (κ3) is 4.84. The summed E-state index contributed by atoms with van der Waals surface area (Å²) < 4.78 is 173. The van der Waals surface area contributed by atoms with Gasteiger partial charge in [0.25, 0.3) is 0 Å². The van der Waals surface area contributed by atoms with E-state index in [2.05, 4.69) is 4.74 Å². The Morgan fingerprint density at radius 1 is 0.690 bits per heavy atom. The van der Waals surface area contributed by atoms with Gasteiger partial charge in [-0.05, 0) is 20.8 Å². The Bertz CT molecular complexity index is 602. The lowest BCUT2D eigenvalue weighted by Gasteiger charge is -2.40. The van der Waals surface area contributed by atoms with E-state index >= 15 is 0 Å². The molecule has 0 radical (unpaired) electrons. The molecule has 0 aliphatic carbocycles. The van der Waals surface area contributed by atoms with Crippen LogP contribution in [0.3, 0.4) is 0 Å². The molecule has 0 aromatic rings. The number of rotatable bonds is 7. The molecule has 0 aliphatic rings. The molecule has 0 bridgehead atoms. The van der Waals surface area contributed by atoms with E-state index in [1.807, 2.05) is 0 Å². The second-order valence-corrected chi connectivity index (χ2v) is 7.14. The molecule has 0 aliphatic heterocycles. The van der Waals surface area contributed by atoms with E-state index in [0.29, 0.717) is 6.92 Å². The zero-order valence-electron chi connectivity index (χ0n) is 15.0. The SMILES string of the molecule is CC(CC(F)(F)C(F)(F)C(F)(F)C(F)(F)C(F)(F)C(F)(F)F)C(=O)OC(C)(C)C. The molecular formula is C14H15F13O2. The number of ether oxygens (including phenoxy) is 1. The number of hydrogen-bond acceptors (Lipinski definition) is 2. The molecular weight excluding hydrogens is 447 g/mol.